The van der Waals surface area contributed by atoms with Gasteiger partial charge in [-0.25, -0.2) is 0 Å². The Hall–Kier alpha value is -0.160. The molecule has 1 heterocycles. The van der Waals surface area contributed by atoms with E-state index in [9.17, 15) is 0 Å². The highest BCUT2D eigenvalue weighted by molar-refractivity contribution is 4.98. The summed E-state index contributed by atoms with van der Waals surface area (Å²) in [6.45, 7) is 2.62. The first-order valence-electron chi connectivity index (χ1n) is 4.49. The highest BCUT2D eigenvalue weighted by Crippen LogP contribution is 2.44. The minimum atomic E-state index is -1.00. The summed E-state index contributed by atoms with van der Waals surface area (Å²) in [5.41, 5.74) is -0.439. The summed E-state index contributed by atoms with van der Waals surface area (Å²) in [4.78, 5) is 0. The van der Waals surface area contributed by atoms with E-state index < -0.39 is 11.6 Å². The number of rotatable bonds is 5. The predicted molar refractivity (Wildman–Crippen MR) is 47.3 cm³/mol. The first kappa shape index (κ1) is 10.9. The topological polar surface area (TPSA) is 36.9 Å². The molecule has 1 fully saturated rings. The second-order valence-electron chi connectivity index (χ2n) is 3.20. The van der Waals surface area contributed by atoms with Crippen molar-refractivity contribution in [3.63, 3.8) is 0 Å². The van der Waals surface area contributed by atoms with E-state index >= 15 is 0 Å². The molecule has 1 atom stereocenters. The van der Waals surface area contributed by atoms with Crippen LogP contribution >= 0.6 is 0 Å². The highest BCUT2D eigenvalue weighted by Gasteiger charge is 2.63. The van der Waals surface area contributed by atoms with Gasteiger partial charge >= 0.3 is 5.97 Å². The summed E-state index contributed by atoms with van der Waals surface area (Å²) in [6, 6.07) is 0. The van der Waals surface area contributed by atoms with E-state index in [4.69, 9.17) is 18.9 Å². The summed E-state index contributed by atoms with van der Waals surface area (Å²) >= 11 is 0. The van der Waals surface area contributed by atoms with Gasteiger partial charge in [-0.2, -0.15) is 0 Å². The third kappa shape index (κ3) is 1.38. The van der Waals surface area contributed by atoms with E-state index in [1.165, 1.54) is 0 Å². The fraction of sp³-hybridized carbons (Fsp3) is 1.00. The second-order valence-corrected chi connectivity index (χ2v) is 3.20. The van der Waals surface area contributed by atoms with Crippen molar-refractivity contribution in [2.75, 3.05) is 27.9 Å². The number of ether oxygens (including phenoxy) is 4. The fourth-order valence-electron chi connectivity index (χ4n) is 1.84. The largest absolute Gasteiger partial charge is 0.367 e. The minimum Gasteiger partial charge on any atom is -0.367 e. The van der Waals surface area contributed by atoms with Gasteiger partial charge in [-0.15, -0.1) is 0 Å². The Morgan fingerprint density at radius 1 is 1.15 bits per heavy atom. The Morgan fingerprint density at radius 3 is 2.00 bits per heavy atom. The van der Waals surface area contributed by atoms with Crippen LogP contribution in [0.5, 0.6) is 0 Å². The molecule has 1 unspecified atom stereocenters. The van der Waals surface area contributed by atoms with Crippen molar-refractivity contribution < 1.29 is 18.9 Å². The highest BCUT2D eigenvalue weighted by atomic mass is 16.9. The zero-order valence-corrected chi connectivity index (χ0v) is 8.75. The first-order chi connectivity index (χ1) is 6.20. The Balaban J connectivity index is 2.75. The molecule has 0 amide bonds. The van der Waals surface area contributed by atoms with Gasteiger partial charge in [0.25, 0.3) is 0 Å². The molecule has 1 rings (SSSR count). The van der Waals surface area contributed by atoms with Crippen molar-refractivity contribution in [2.45, 2.75) is 31.3 Å². The molecular weight excluding hydrogens is 172 g/mol. The molecule has 0 aromatic carbocycles. The Kier molecular flexibility index (Phi) is 3.29. The minimum absolute atomic E-state index is 0.439. The maximum Gasteiger partial charge on any atom is 0.315 e. The van der Waals surface area contributed by atoms with Crippen molar-refractivity contribution in [1.29, 1.82) is 0 Å². The molecule has 1 saturated heterocycles. The van der Waals surface area contributed by atoms with Crippen LogP contribution in [0, 0.1) is 0 Å². The molecule has 0 N–H and O–H groups in total. The van der Waals surface area contributed by atoms with Gasteiger partial charge in [0.15, 0.2) is 5.60 Å². The smallest absolute Gasteiger partial charge is 0.315 e. The van der Waals surface area contributed by atoms with Gasteiger partial charge in [-0.1, -0.05) is 13.3 Å². The van der Waals surface area contributed by atoms with Crippen molar-refractivity contribution in [3.8, 4) is 0 Å². The predicted octanol–water partition coefficient (Wildman–Crippen LogP) is 1.15. The molecule has 4 nitrogen and oxygen atoms in total. The van der Waals surface area contributed by atoms with Gasteiger partial charge in [-0.05, 0) is 6.42 Å². The van der Waals surface area contributed by atoms with E-state index in [0.717, 1.165) is 12.8 Å². The van der Waals surface area contributed by atoms with Crippen molar-refractivity contribution >= 4 is 0 Å². The number of hydrogen-bond acceptors (Lipinski definition) is 4. The molecule has 0 saturated carbocycles. The van der Waals surface area contributed by atoms with Gasteiger partial charge in [-0.3, -0.25) is 0 Å². The quantitative estimate of drug-likeness (QED) is 0.609. The standard InChI is InChI=1S/C9H18O4/c1-5-6-8(10-2)7-13-9(8,11-3)12-4/h5-7H2,1-4H3. The summed E-state index contributed by atoms with van der Waals surface area (Å²) in [5, 5.41) is 0. The molecule has 0 aromatic rings. The Bertz CT molecular complexity index is 157. The maximum absolute atomic E-state index is 5.44. The van der Waals surface area contributed by atoms with Crippen LogP contribution in [0.25, 0.3) is 0 Å². The van der Waals surface area contributed by atoms with E-state index in [0.29, 0.717) is 6.61 Å². The molecule has 1 aliphatic rings. The molecule has 1 aliphatic heterocycles. The van der Waals surface area contributed by atoms with E-state index in [2.05, 4.69) is 6.92 Å². The summed E-state index contributed by atoms with van der Waals surface area (Å²) in [5.74, 6) is -1.00. The van der Waals surface area contributed by atoms with Gasteiger partial charge < -0.3 is 18.9 Å². The normalized spacial score (nSPS) is 31.4. The molecule has 0 spiro atoms. The number of hydrogen-bond donors (Lipinski definition) is 0. The lowest BCUT2D eigenvalue weighted by Crippen LogP contribution is -2.71. The SMILES string of the molecule is CCCC1(OC)COC1(OC)OC. The number of methoxy groups -OCH3 is 3. The van der Waals surface area contributed by atoms with Crippen molar-refractivity contribution in [1.82, 2.24) is 0 Å². The maximum atomic E-state index is 5.44. The van der Waals surface area contributed by atoms with Crippen LogP contribution in [0.3, 0.4) is 0 Å². The van der Waals surface area contributed by atoms with Crippen LogP contribution in [-0.4, -0.2) is 39.5 Å². The third-order valence-electron chi connectivity index (χ3n) is 2.64. The monoisotopic (exact) mass is 190 g/mol. The lowest BCUT2D eigenvalue weighted by atomic mass is 9.90. The fourth-order valence-corrected chi connectivity index (χ4v) is 1.84. The zero-order valence-electron chi connectivity index (χ0n) is 8.75. The summed E-state index contributed by atoms with van der Waals surface area (Å²) in [7, 11) is 4.78. The van der Waals surface area contributed by atoms with Crippen LogP contribution in [0.4, 0.5) is 0 Å². The van der Waals surface area contributed by atoms with Crippen LogP contribution in [-0.2, 0) is 18.9 Å². The second kappa shape index (κ2) is 3.92. The Labute approximate surface area is 79.1 Å². The van der Waals surface area contributed by atoms with E-state index in [1.54, 1.807) is 21.3 Å². The first-order valence-corrected chi connectivity index (χ1v) is 4.49. The van der Waals surface area contributed by atoms with Crippen molar-refractivity contribution in [3.05, 3.63) is 0 Å². The molecule has 13 heavy (non-hydrogen) atoms. The molecule has 78 valence electrons. The van der Waals surface area contributed by atoms with Gasteiger partial charge in [0.1, 0.15) is 0 Å². The van der Waals surface area contributed by atoms with Gasteiger partial charge in [0.05, 0.1) is 6.61 Å². The molecule has 0 radical (unpaired) electrons. The lowest BCUT2D eigenvalue weighted by molar-refractivity contribution is -0.505. The molecule has 0 bridgehead atoms. The lowest BCUT2D eigenvalue weighted by Gasteiger charge is -2.54. The molecule has 4 heteroatoms. The van der Waals surface area contributed by atoms with Crippen LogP contribution in [0.15, 0.2) is 0 Å². The van der Waals surface area contributed by atoms with E-state index in [-0.39, 0.29) is 0 Å². The third-order valence-corrected chi connectivity index (χ3v) is 2.64. The van der Waals surface area contributed by atoms with Crippen LogP contribution in [0.2, 0.25) is 0 Å². The summed E-state index contributed by atoms with van der Waals surface area (Å²) in [6.07, 6.45) is 1.87. The van der Waals surface area contributed by atoms with E-state index in [1.807, 2.05) is 0 Å². The zero-order chi connectivity index (χ0) is 9.95. The van der Waals surface area contributed by atoms with Gasteiger partial charge in [0, 0.05) is 21.3 Å². The Morgan fingerprint density at radius 2 is 1.77 bits per heavy atom. The molecular formula is C9H18O4. The van der Waals surface area contributed by atoms with Crippen molar-refractivity contribution in [2.24, 2.45) is 0 Å². The molecule has 0 aliphatic carbocycles. The van der Waals surface area contributed by atoms with Crippen LogP contribution < -0.4 is 0 Å². The summed E-state index contributed by atoms with van der Waals surface area (Å²) < 4.78 is 21.2. The van der Waals surface area contributed by atoms with Crippen LogP contribution in [0.1, 0.15) is 19.8 Å². The molecule has 0 aromatic heterocycles. The average Bonchev–Trinajstić information content (AvgIpc) is 2.15. The van der Waals surface area contributed by atoms with Gasteiger partial charge in [0.2, 0.25) is 0 Å². The average molecular weight is 190 g/mol.